The summed E-state index contributed by atoms with van der Waals surface area (Å²) in [7, 11) is 0. The quantitative estimate of drug-likeness (QED) is 0.800. The predicted octanol–water partition coefficient (Wildman–Crippen LogP) is 3.44. The van der Waals surface area contributed by atoms with Gasteiger partial charge in [-0.3, -0.25) is 0 Å². The van der Waals surface area contributed by atoms with E-state index in [1.54, 1.807) is 11.0 Å². The van der Waals surface area contributed by atoms with E-state index in [9.17, 15) is 0 Å². The van der Waals surface area contributed by atoms with Gasteiger partial charge in [-0.1, -0.05) is 11.6 Å². The molecule has 1 heterocycles. The number of rotatable bonds is 4. The Labute approximate surface area is 123 Å². The zero-order valence-electron chi connectivity index (χ0n) is 11.2. The Morgan fingerprint density at radius 2 is 2.26 bits per heavy atom. The second-order valence-electron chi connectivity index (χ2n) is 4.91. The largest absolute Gasteiger partial charge is 0.356 e. The summed E-state index contributed by atoms with van der Waals surface area (Å²) in [5.41, 5.74) is 1.87. The first-order chi connectivity index (χ1) is 8.86. The van der Waals surface area contributed by atoms with Gasteiger partial charge in [0.15, 0.2) is 5.06 Å². The van der Waals surface area contributed by atoms with Crippen molar-refractivity contribution in [3.05, 3.63) is 30.4 Å². The Bertz CT molecular complexity index is 502. The van der Waals surface area contributed by atoms with E-state index in [1.807, 2.05) is 32.9 Å². The molecule has 2 rings (SSSR count). The van der Waals surface area contributed by atoms with Crippen LogP contribution in [-0.4, -0.2) is 31.3 Å². The fraction of sp³-hybridized carbons (Fsp3) is 0.538. The van der Waals surface area contributed by atoms with Crippen LogP contribution >= 0.6 is 23.2 Å². The number of alkyl halides is 2. The van der Waals surface area contributed by atoms with Crippen molar-refractivity contribution in [2.75, 3.05) is 6.61 Å². The third-order valence-corrected chi connectivity index (χ3v) is 3.58. The zero-order valence-corrected chi connectivity index (χ0v) is 12.7. The molecule has 0 radical (unpaired) electrons. The molecular formula is C13H17Cl2N3O. The number of hydrogen-bond donors (Lipinski definition) is 0. The summed E-state index contributed by atoms with van der Waals surface area (Å²) in [4.78, 5) is 3.42. The maximum absolute atomic E-state index is 6.48. The molecule has 1 aliphatic carbocycles. The number of nitrogens with zero attached hydrogens (tertiary/aromatic N) is 3. The minimum atomic E-state index is -0.833. The molecule has 0 spiro atoms. The fourth-order valence-electron chi connectivity index (χ4n) is 2.10. The highest BCUT2D eigenvalue weighted by molar-refractivity contribution is 6.27. The average molecular weight is 302 g/mol. The van der Waals surface area contributed by atoms with Crippen molar-refractivity contribution in [3.63, 3.8) is 0 Å². The molecule has 0 amide bonds. The standard InChI is InChI=1S/C13H17Cl2N3O/c1-4-19-13(15)6-5-11(18-9-16-8-17-18)10(7-13)12(2,3)14/h5-6,8-9H,4,7H2,1-3H3. The summed E-state index contributed by atoms with van der Waals surface area (Å²) in [5, 5.41) is 3.32. The molecule has 0 aromatic carbocycles. The molecule has 4 nitrogen and oxygen atoms in total. The first-order valence-electron chi connectivity index (χ1n) is 6.15. The topological polar surface area (TPSA) is 39.9 Å². The van der Waals surface area contributed by atoms with Gasteiger partial charge >= 0.3 is 0 Å². The zero-order chi connectivity index (χ0) is 14.1. The lowest BCUT2D eigenvalue weighted by molar-refractivity contribution is 0.0619. The highest BCUT2D eigenvalue weighted by Gasteiger charge is 2.36. The summed E-state index contributed by atoms with van der Waals surface area (Å²) in [6.07, 6.45) is 7.38. The molecule has 6 heteroatoms. The smallest absolute Gasteiger partial charge is 0.164 e. The molecule has 0 saturated carbocycles. The molecule has 0 aliphatic heterocycles. The van der Waals surface area contributed by atoms with Crippen molar-refractivity contribution in [2.45, 2.75) is 37.1 Å². The van der Waals surface area contributed by atoms with Crippen molar-refractivity contribution in [1.82, 2.24) is 14.8 Å². The second kappa shape index (κ2) is 5.27. The third-order valence-electron chi connectivity index (χ3n) is 2.98. The van der Waals surface area contributed by atoms with Gasteiger partial charge in [0.2, 0.25) is 0 Å². The summed E-state index contributed by atoms with van der Waals surface area (Å²) < 4.78 is 7.29. The highest BCUT2D eigenvalue weighted by Crippen LogP contribution is 2.41. The van der Waals surface area contributed by atoms with Crippen LogP contribution in [-0.2, 0) is 4.74 Å². The van der Waals surface area contributed by atoms with Crippen LogP contribution in [0.2, 0.25) is 0 Å². The lowest BCUT2D eigenvalue weighted by Crippen LogP contribution is -2.32. The van der Waals surface area contributed by atoms with E-state index in [1.165, 1.54) is 6.33 Å². The van der Waals surface area contributed by atoms with Crippen LogP contribution in [0.4, 0.5) is 0 Å². The number of allylic oxidation sites excluding steroid dienone is 2. The molecule has 1 atom stereocenters. The van der Waals surface area contributed by atoms with Gasteiger partial charge in [-0.2, -0.15) is 5.10 Å². The molecule has 104 valence electrons. The highest BCUT2D eigenvalue weighted by atomic mass is 35.5. The van der Waals surface area contributed by atoms with Gasteiger partial charge < -0.3 is 4.74 Å². The Balaban J connectivity index is 2.44. The molecule has 1 unspecified atom stereocenters. The predicted molar refractivity (Wildman–Crippen MR) is 77.1 cm³/mol. The average Bonchev–Trinajstić information content (AvgIpc) is 2.81. The number of hydrogen-bond acceptors (Lipinski definition) is 3. The molecule has 0 saturated heterocycles. The minimum Gasteiger partial charge on any atom is -0.356 e. The van der Waals surface area contributed by atoms with Crippen molar-refractivity contribution in [2.24, 2.45) is 0 Å². The van der Waals surface area contributed by atoms with Gasteiger partial charge in [-0.05, 0) is 38.5 Å². The van der Waals surface area contributed by atoms with Crippen LogP contribution in [0, 0.1) is 0 Å². The summed E-state index contributed by atoms with van der Waals surface area (Å²) in [6.45, 7) is 6.33. The fourth-order valence-corrected chi connectivity index (χ4v) is 2.56. The lowest BCUT2D eigenvalue weighted by atomic mass is 9.90. The van der Waals surface area contributed by atoms with E-state index in [-0.39, 0.29) is 0 Å². The minimum absolute atomic E-state index is 0.518. The van der Waals surface area contributed by atoms with Crippen LogP contribution in [0.5, 0.6) is 0 Å². The molecule has 1 aliphatic rings. The molecule has 1 aromatic heterocycles. The first-order valence-corrected chi connectivity index (χ1v) is 6.91. The van der Waals surface area contributed by atoms with Gasteiger partial charge in [-0.25, -0.2) is 9.67 Å². The SMILES string of the molecule is CCOC1(Cl)C=CC(n2cncn2)=C(C(C)(C)Cl)C1. The van der Waals surface area contributed by atoms with E-state index >= 15 is 0 Å². The molecule has 0 fully saturated rings. The summed E-state index contributed by atoms with van der Waals surface area (Å²) >= 11 is 12.9. The van der Waals surface area contributed by atoms with E-state index in [0.717, 1.165) is 11.3 Å². The van der Waals surface area contributed by atoms with Gasteiger partial charge in [-0.15, -0.1) is 11.6 Å². The maximum Gasteiger partial charge on any atom is 0.164 e. The van der Waals surface area contributed by atoms with Gasteiger partial charge in [0.25, 0.3) is 0 Å². The summed E-state index contributed by atoms with van der Waals surface area (Å²) in [6, 6.07) is 0. The second-order valence-corrected chi connectivity index (χ2v) is 6.49. The van der Waals surface area contributed by atoms with Crippen molar-refractivity contribution in [3.8, 4) is 0 Å². The first kappa shape index (κ1) is 14.6. The molecule has 1 aromatic rings. The number of halogens is 2. The molecule has 0 N–H and O–H groups in total. The van der Waals surface area contributed by atoms with E-state index in [2.05, 4.69) is 10.1 Å². The van der Waals surface area contributed by atoms with Crippen molar-refractivity contribution in [1.29, 1.82) is 0 Å². The Morgan fingerprint density at radius 1 is 1.53 bits per heavy atom. The van der Waals surface area contributed by atoms with E-state index in [0.29, 0.717) is 13.0 Å². The number of aromatic nitrogens is 3. The molecule has 19 heavy (non-hydrogen) atoms. The molecule has 0 bridgehead atoms. The van der Waals surface area contributed by atoms with Crippen LogP contribution in [0.3, 0.4) is 0 Å². The lowest BCUT2D eigenvalue weighted by Gasteiger charge is -2.34. The molecular weight excluding hydrogens is 285 g/mol. The maximum atomic E-state index is 6.48. The van der Waals surface area contributed by atoms with Crippen molar-refractivity contribution < 1.29 is 4.74 Å². The Kier molecular flexibility index (Phi) is 4.04. The normalized spacial score (nSPS) is 24.1. The van der Waals surface area contributed by atoms with Crippen LogP contribution in [0.15, 0.2) is 30.4 Å². The monoisotopic (exact) mass is 301 g/mol. The Hall–Kier alpha value is -0.840. The van der Waals surface area contributed by atoms with E-state index < -0.39 is 9.93 Å². The Morgan fingerprint density at radius 3 is 2.79 bits per heavy atom. The summed E-state index contributed by atoms with van der Waals surface area (Å²) in [5.74, 6) is 0. The van der Waals surface area contributed by atoms with Crippen LogP contribution in [0.1, 0.15) is 27.2 Å². The van der Waals surface area contributed by atoms with Crippen LogP contribution < -0.4 is 0 Å². The van der Waals surface area contributed by atoms with Crippen LogP contribution in [0.25, 0.3) is 5.70 Å². The number of ether oxygens (including phenoxy) is 1. The van der Waals surface area contributed by atoms with Gasteiger partial charge in [0.1, 0.15) is 12.7 Å². The van der Waals surface area contributed by atoms with E-state index in [4.69, 9.17) is 27.9 Å². The third kappa shape index (κ3) is 3.19. The van der Waals surface area contributed by atoms with Crippen molar-refractivity contribution >= 4 is 28.9 Å². The van der Waals surface area contributed by atoms with Gasteiger partial charge in [0, 0.05) is 13.0 Å². The van der Waals surface area contributed by atoms with Gasteiger partial charge in [0.05, 0.1) is 10.6 Å².